The zero-order chi connectivity index (χ0) is 22.6. The Balaban J connectivity index is 1.77. The molecule has 1 amide bonds. The molecule has 0 fully saturated rings. The molecule has 0 aliphatic rings. The van der Waals surface area contributed by atoms with E-state index in [2.05, 4.69) is 10.6 Å². The lowest BCUT2D eigenvalue weighted by Crippen LogP contribution is -2.22. The average Bonchev–Trinajstić information content (AvgIpc) is 2.75. The molecular formula is C21H17Cl3N2O4S. The Labute approximate surface area is 195 Å². The molecule has 0 bridgehead atoms. The van der Waals surface area contributed by atoms with Crippen molar-refractivity contribution in [1.29, 1.82) is 0 Å². The Morgan fingerprint density at radius 2 is 1.68 bits per heavy atom. The van der Waals surface area contributed by atoms with E-state index in [-0.39, 0.29) is 43.0 Å². The molecule has 0 aromatic heterocycles. The molecular weight excluding hydrogens is 483 g/mol. The van der Waals surface area contributed by atoms with Crippen molar-refractivity contribution in [2.75, 3.05) is 24.3 Å². The maximum Gasteiger partial charge on any atom is 0.243 e. The normalized spacial score (nSPS) is 11.1. The number of rotatable bonds is 7. The van der Waals surface area contributed by atoms with Crippen LogP contribution in [0.4, 0.5) is 11.4 Å². The van der Waals surface area contributed by atoms with Crippen molar-refractivity contribution in [3.63, 3.8) is 0 Å². The average molecular weight is 500 g/mol. The molecule has 0 aliphatic carbocycles. The molecule has 162 valence electrons. The summed E-state index contributed by atoms with van der Waals surface area (Å²) in [6, 6.07) is 15.4. The Bertz CT molecular complexity index is 1220. The topological polar surface area (TPSA) is 84.5 Å². The standard InChI is InChI=1S/C21H17Cl3N2O4S/c1-30-15-8-6-14(7-9-15)26-20(27)12-25-17-3-2-4-18(21(17)24)31(28,29)19-11-13(22)5-10-16(19)23/h2-11,25H,12H2,1H3,(H,26,27). The summed E-state index contributed by atoms with van der Waals surface area (Å²) in [5.41, 5.74) is 0.872. The van der Waals surface area contributed by atoms with Crippen molar-refractivity contribution in [2.24, 2.45) is 0 Å². The van der Waals surface area contributed by atoms with Gasteiger partial charge in [0.25, 0.3) is 0 Å². The van der Waals surface area contributed by atoms with E-state index in [1.54, 1.807) is 37.4 Å². The zero-order valence-electron chi connectivity index (χ0n) is 16.2. The van der Waals surface area contributed by atoms with Crippen LogP contribution in [0.5, 0.6) is 5.75 Å². The van der Waals surface area contributed by atoms with Crippen molar-refractivity contribution in [2.45, 2.75) is 9.79 Å². The summed E-state index contributed by atoms with van der Waals surface area (Å²) < 4.78 is 31.2. The molecule has 0 radical (unpaired) electrons. The van der Waals surface area contributed by atoms with E-state index in [1.165, 1.54) is 30.3 Å². The van der Waals surface area contributed by atoms with E-state index in [9.17, 15) is 13.2 Å². The summed E-state index contributed by atoms with van der Waals surface area (Å²) in [5, 5.41) is 5.76. The number of sulfone groups is 1. The molecule has 0 spiro atoms. The maximum atomic E-state index is 13.1. The maximum absolute atomic E-state index is 13.1. The minimum Gasteiger partial charge on any atom is -0.497 e. The lowest BCUT2D eigenvalue weighted by molar-refractivity contribution is -0.114. The van der Waals surface area contributed by atoms with Gasteiger partial charge in [0, 0.05) is 10.7 Å². The van der Waals surface area contributed by atoms with Gasteiger partial charge in [0.1, 0.15) is 5.75 Å². The van der Waals surface area contributed by atoms with Crippen LogP contribution in [-0.2, 0) is 14.6 Å². The SMILES string of the molecule is COc1ccc(NC(=O)CNc2cccc(S(=O)(=O)c3cc(Cl)ccc3Cl)c2Cl)cc1. The highest BCUT2D eigenvalue weighted by Crippen LogP contribution is 2.36. The first-order chi connectivity index (χ1) is 14.7. The molecule has 0 aliphatic heterocycles. The van der Waals surface area contributed by atoms with Gasteiger partial charge in [-0.25, -0.2) is 8.42 Å². The molecule has 3 rings (SSSR count). The summed E-state index contributed by atoms with van der Waals surface area (Å²) in [6.45, 7) is -0.132. The lowest BCUT2D eigenvalue weighted by Gasteiger charge is -2.13. The lowest BCUT2D eigenvalue weighted by atomic mass is 10.3. The first kappa shape index (κ1) is 23.2. The van der Waals surface area contributed by atoms with Crippen LogP contribution in [0.1, 0.15) is 0 Å². The number of carbonyl (C=O) groups is 1. The number of hydrogen-bond acceptors (Lipinski definition) is 5. The number of benzene rings is 3. The van der Waals surface area contributed by atoms with Crippen molar-refractivity contribution in [1.82, 2.24) is 0 Å². The number of anilines is 2. The zero-order valence-corrected chi connectivity index (χ0v) is 19.2. The Kier molecular flexibility index (Phi) is 7.33. The summed E-state index contributed by atoms with van der Waals surface area (Å²) >= 11 is 18.3. The van der Waals surface area contributed by atoms with E-state index in [0.29, 0.717) is 11.4 Å². The minimum absolute atomic E-state index is 0.0256. The minimum atomic E-state index is -4.04. The molecule has 6 nitrogen and oxygen atoms in total. The van der Waals surface area contributed by atoms with Gasteiger partial charge in [0.05, 0.1) is 39.2 Å². The summed E-state index contributed by atoms with van der Waals surface area (Å²) in [4.78, 5) is 11.9. The fourth-order valence-corrected chi connectivity index (χ4v) is 5.32. The van der Waals surface area contributed by atoms with Crippen LogP contribution < -0.4 is 15.4 Å². The summed E-state index contributed by atoms with van der Waals surface area (Å²) in [5.74, 6) is 0.327. The first-order valence-corrected chi connectivity index (χ1v) is 11.5. The van der Waals surface area contributed by atoms with Crippen LogP contribution in [0.15, 0.2) is 70.5 Å². The second-order valence-corrected chi connectivity index (χ2v) is 9.43. The smallest absolute Gasteiger partial charge is 0.243 e. The molecule has 0 unspecified atom stereocenters. The quantitative estimate of drug-likeness (QED) is 0.446. The number of halogens is 3. The van der Waals surface area contributed by atoms with Gasteiger partial charge in [-0.1, -0.05) is 40.9 Å². The summed E-state index contributed by atoms with van der Waals surface area (Å²) in [7, 11) is -2.49. The molecule has 3 aromatic rings. The summed E-state index contributed by atoms with van der Waals surface area (Å²) in [6.07, 6.45) is 0. The second kappa shape index (κ2) is 9.78. The monoisotopic (exact) mass is 498 g/mol. The number of carbonyl (C=O) groups excluding carboxylic acids is 1. The molecule has 31 heavy (non-hydrogen) atoms. The Morgan fingerprint density at radius 3 is 2.35 bits per heavy atom. The molecule has 0 atom stereocenters. The van der Waals surface area contributed by atoms with Crippen LogP contribution in [0.2, 0.25) is 15.1 Å². The Hall–Kier alpha value is -2.45. The highest BCUT2D eigenvalue weighted by Gasteiger charge is 2.25. The largest absolute Gasteiger partial charge is 0.497 e. The van der Waals surface area contributed by atoms with Crippen LogP contribution in [-0.4, -0.2) is 28.0 Å². The molecule has 0 saturated carbocycles. The van der Waals surface area contributed by atoms with Gasteiger partial charge in [-0.2, -0.15) is 0 Å². The number of hydrogen-bond donors (Lipinski definition) is 2. The van der Waals surface area contributed by atoms with Crippen LogP contribution in [0.25, 0.3) is 0 Å². The van der Waals surface area contributed by atoms with Crippen molar-refractivity contribution in [3.8, 4) is 5.75 Å². The van der Waals surface area contributed by atoms with Gasteiger partial charge in [0.2, 0.25) is 15.7 Å². The van der Waals surface area contributed by atoms with Crippen molar-refractivity contribution < 1.29 is 17.9 Å². The van der Waals surface area contributed by atoms with Gasteiger partial charge in [-0.3, -0.25) is 4.79 Å². The molecule has 10 heteroatoms. The highest BCUT2D eigenvalue weighted by atomic mass is 35.5. The molecule has 2 N–H and O–H groups in total. The third kappa shape index (κ3) is 5.43. The highest BCUT2D eigenvalue weighted by molar-refractivity contribution is 7.91. The fourth-order valence-electron chi connectivity index (χ4n) is 2.71. The van der Waals surface area contributed by atoms with Gasteiger partial charge in [0.15, 0.2) is 0 Å². The van der Waals surface area contributed by atoms with Gasteiger partial charge in [-0.15, -0.1) is 0 Å². The van der Waals surface area contributed by atoms with E-state index < -0.39 is 9.84 Å². The van der Waals surface area contributed by atoms with E-state index in [4.69, 9.17) is 39.5 Å². The third-order valence-corrected chi connectivity index (χ3v) is 7.28. The van der Waals surface area contributed by atoms with E-state index in [0.717, 1.165) is 0 Å². The van der Waals surface area contributed by atoms with Crippen LogP contribution in [0.3, 0.4) is 0 Å². The first-order valence-electron chi connectivity index (χ1n) is 8.89. The second-order valence-electron chi connectivity index (χ2n) is 6.33. The van der Waals surface area contributed by atoms with Gasteiger partial charge >= 0.3 is 0 Å². The van der Waals surface area contributed by atoms with Crippen molar-refractivity contribution >= 4 is 61.9 Å². The van der Waals surface area contributed by atoms with Crippen molar-refractivity contribution in [3.05, 3.63) is 75.7 Å². The van der Waals surface area contributed by atoms with Gasteiger partial charge < -0.3 is 15.4 Å². The number of amides is 1. The fraction of sp³-hybridized carbons (Fsp3) is 0.0952. The third-order valence-electron chi connectivity index (χ3n) is 4.25. The predicted molar refractivity (Wildman–Crippen MR) is 123 cm³/mol. The Morgan fingerprint density at radius 1 is 0.968 bits per heavy atom. The predicted octanol–water partition coefficient (Wildman–Crippen LogP) is 5.54. The number of ether oxygens (including phenoxy) is 1. The molecule has 0 saturated heterocycles. The molecule has 3 aromatic carbocycles. The van der Waals surface area contributed by atoms with E-state index >= 15 is 0 Å². The van der Waals surface area contributed by atoms with Crippen LogP contribution >= 0.6 is 34.8 Å². The number of nitrogens with one attached hydrogen (secondary N) is 2. The van der Waals surface area contributed by atoms with Crippen LogP contribution in [0, 0.1) is 0 Å². The molecule has 0 heterocycles. The van der Waals surface area contributed by atoms with Gasteiger partial charge in [-0.05, 0) is 54.6 Å². The van der Waals surface area contributed by atoms with E-state index in [1.807, 2.05) is 0 Å². The number of methoxy groups -OCH3 is 1.